The zero-order valence-electron chi connectivity index (χ0n) is 14.4. The molecule has 2 saturated carbocycles. The fourth-order valence-electron chi connectivity index (χ4n) is 4.75. The van der Waals surface area contributed by atoms with E-state index in [1.54, 1.807) is 4.40 Å². The summed E-state index contributed by atoms with van der Waals surface area (Å²) in [4.78, 5) is 29.8. The van der Waals surface area contributed by atoms with Crippen molar-refractivity contribution in [1.29, 1.82) is 0 Å². The Kier molecular flexibility index (Phi) is 3.81. The van der Waals surface area contributed by atoms with Crippen LogP contribution in [0.15, 0.2) is 35.1 Å². The Morgan fingerprint density at radius 2 is 2.15 bits per heavy atom. The van der Waals surface area contributed by atoms with Crippen LogP contribution < -0.4 is 5.56 Å². The molecule has 2 fully saturated rings. The second-order valence-corrected chi connectivity index (χ2v) is 8.58. The van der Waals surface area contributed by atoms with E-state index < -0.39 is 0 Å². The molecule has 0 radical (unpaired) electrons. The molecular weight excluding hydrogens is 348 g/mol. The van der Waals surface area contributed by atoms with Gasteiger partial charge >= 0.3 is 5.97 Å². The number of carbonyl (C=O) groups is 1. The number of carbonyl (C=O) groups excluding carboxylic acids is 1. The van der Waals surface area contributed by atoms with Gasteiger partial charge in [-0.3, -0.25) is 14.0 Å². The first-order valence-corrected chi connectivity index (χ1v) is 10.0. The van der Waals surface area contributed by atoms with Crippen molar-refractivity contribution in [3.63, 3.8) is 0 Å². The number of benzene rings is 1. The topological polar surface area (TPSA) is 60.7 Å². The molecule has 5 nitrogen and oxygen atoms in total. The molecular formula is C20H20N2O3S. The van der Waals surface area contributed by atoms with Gasteiger partial charge in [0.25, 0.3) is 5.56 Å². The minimum absolute atomic E-state index is 0.0691. The van der Waals surface area contributed by atoms with Crippen LogP contribution in [0.25, 0.3) is 15.2 Å². The molecule has 0 unspecified atom stereocenters. The van der Waals surface area contributed by atoms with E-state index in [4.69, 9.17) is 4.74 Å². The first kappa shape index (κ1) is 16.0. The Hall–Kier alpha value is -2.21. The van der Waals surface area contributed by atoms with Crippen molar-refractivity contribution >= 4 is 32.5 Å². The Morgan fingerprint density at radius 3 is 2.96 bits per heavy atom. The third-order valence-corrected chi connectivity index (χ3v) is 6.96. The number of aromatic nitrogens is 2. The molecule has 6 heteroatoms. The number of thiazole rings is 1. The lowest BCUT2D eigenvalue weighted by atomic mass is 9.86. The summed E-state index contributed by atoms with van der Waals surface area (Å²) >= 11 is 1.47. The van der Waals surface area contributed by atoms with Crippen molar-refractivity contribution in [3.05, 3.63) is 46.4 Å². The summed E-state index contributed by atoms with van der Waals surface area (Å²) in [6.45, 7) is 0.0691. The number of hydrogen-bond donors (Lipinski definition) is 0. The van der Waals surface area contributed by atoms with Gasteiger partial charge in [-0.15, -0.1) is 0 Å². The molecule has 0 spiro atoms. The normalized spacial score (nSPS) is 24.5. The molecule has 2 aliphatic rings. The van der Waals surface area contributed by atoms with E-state index in [0.29, 0.717) is 28.9 Å². The average molecular weight is 368 g/mol. The Bertz CT molecular complexity index is 1050. The minimum atomic E-state index is -0.166. The predicted octanol–water partition coefficient (Wildman–Crippen LogP) is 3.78. The smallest absolute Gasteiger partial charge is 0.306 e. The molecule has 2 aromatic heterocycles. The summed E-state index contributed by atoms with van der Waals surface area (Å²) in [5.74, 6) is 1.87. The van der Waals surface area contributed by atoms with E-state index in [1.807, 2.05) is 24.3 Å². The highest BCUT2D eigenvalue weighted by Crippen LogP contribution is 2.49. The lowest BCUT2D eigenvalue weighted by molar-refractivity contribution is -0.146. The molecule has 2 bridgehead atoms. The molecule has 1 aromatic carbocycles. The maximum atomic E-state index is 12.5. The molecule has 2 aliphatic carbocycles. The molecule has 0 N–H and O–H groups in total. The maximum absolute atomic E-state index is 12.5. The van der Waals surface area contributed by atoms with Crippen LogP contribution in [-0.2, 0) is 16.1 Å². The number of rotatable bonds is 4. The molecule has 26 heavy (non-hydrogen) atoms. The average Bonchev–Trinajstić information content (AvgIpc) is 3.33. The summed E-state index contributed by atoms with van der Waals surface area (Å²) in [6, 6.07) is 9.21. The molecule has 3 aromatic rings. The number of hydrogen-bond acceptors (Lipinski definition) is 5. The molecule has 0 saturated heterocycles. The lowest BCUT2D eigenvalue weighted by Crippen LogP contribution is -2.18. The lowest BCUT2D eigenvalue weighted by Gasteiger charge is -2.20. The standard InChI is InChI=1S/C20H20N2O3S/c23-18-10-15(21-20-22(18)16-3-1-2-4-17(16)26-20)11-25-19(24)9-14-8-12-5-6-13(14)7-12/h1-4,10,12-14H,5-9,11H2/t12-,13-,14-/m1/s1. The number of ether oxygens (including phenoxy) is 1. The highest BCUT2D eigenvalue weighted by Gasteiger charge is 2.40. The second-order valence-electron chi connectivity index (χ2n) is 7.57. The fourth-order valence-corrected chi connectivity index (χ4v) is 5.80. The van der Waals surface area contributed by atoms with E-state index in [1.165, 1.54) is 43.1 Å². The van der Waals surface area contributed by atoms with Crippen LogP contribution in [0.5, 0.6) is 0 Å². The van der Waals surface area contributed by atoms with Crippen molar-refractivity contribution in [2.75, 3.05) is 0 Å². The summed E-state index contributed by atoms with van der Waals surface area (Å²) in [7, 11) is 0. The van der Waals surface area contributed by atoms with Crippen molar-refractivity contribution in [1.82, 2.24) is 9.38 Å². The molecule has 5 rings (SSSR count). The van der Waals surface area contributed by atoms with Gasteiger partial charge in [0.15, 0.2) is 4.96 Å². The highest BCUT2D eigenvalue weighted by atomic mass is 32.1. The van der Waals surface area contributed by atoms with Gasteiger partial charge in [0.2, 0.25) is 0 Å². The van der Waals surface area contributed by atoms with E-state index in [9.17, 15) is 9.59 Å². The number of para-hydroxylation sites is 1. The quantitative estimate of drug-likeness (QED) is 0.658. The Morgan fingerprint density at radius 1 is 1.27 bits per heavy atom. The van der Waals surface area contributed by atoms with Gasteiger partial charge in [0, 0.05) is 12.5 Å². The van der Waals surface area contributed by atoms with Crippen LogP contribution in [-0.4, -0.2) is 15.4 Å². The van der Waals surface area contributed by atoms with Crippen molar-refractivity contribution in [2.45, 2.75) is 38.7 Å². The second kappa shape index (κ2) is 6.20. The van der Waals surface area contributed by atoms with Crippen molar-refractivity contribution in [2.24, 2.45) is 17.8 Å². The summed E-state index contributed by atoms with van der Waals surface area (Å²) in [6.07, 6.45) is 5.57. The Labute approximate surface area is 154 Å². The van der Waals surface area contributed by atoms with Gasteiger partial charge in [0.1, 0.15) is 6.61 Å². The van der Waals surface area contributed by atoms with E-state index in [0.717, 1.165) is 16.1 Å². The molecule has 3 atom stereocenters. The van der Waals surface area contributed by atoms with Crippen molar-refractivity contribution in [3.8, 4) is 0 Å². The Balaban J connectivity index is 1.31. The molecule has 2 heterocycles. The third kappa shape index (κ3) is 2.72. The van der Waals surface area contributed by atoms with Crippen LogP contribution in [0.1, 0.15) is 37.8 Å². The number of fused-ring (bicyclic) bond motifs is 5. The maximum Gasteiger partial charge on any atom is 0.306 e. The van der Waals surface area contributed by atoms with Gasteiger partial charge in [-0.1, -0.05) is 29.9 Å². The van der Waals surface area contributed by atoms with Gasteiger partial charge in [-0.05, 0) is 49.1 Å². The largest absolute Gasteiger partial charge is 0.459 e. The third-order valence-electron chi connectivity index (χ3n) is 5.94. The van der Waals surface area contributed by atoms with Crippen LogP contribution >= 0.6 is 11.3 Å². The van der Waals surface area contributed by atoms with Gasteiger partial charge in [0.05, 0.1) is 15.9 Å². The SMILES string of the molecule is O=C(C[C@H]1C[C@@H]2CC[C@@H]1C2)OCc1cc(=O)n2c(n1)sc1ccccc12. The first-order chi connectivity index (χ1) is 12.7. The molecule has 0 amide bonds. The van der Waals surface area contributed by atoms with E-state index in [2.05, 4.69) is 4.98 Å². The monoisotopic (exact) mass is 368 g/mol. The van der Waals surface area contributed by atoms with Gasteiger partial charge < -0.3 is 4.74 Å². The zero-order valence-corrected chi connectivity index (χ0v) is 15.2. The number of nitrogens with zero attached hydrogens (tertiary/aromatic N) is 2. The van der Waals surface area contributed by atoms with Crippen LogP contribution in [0.4, 0.5) is 0 Å². The zero-order chi connectivity index (χ0) is 17.7. The highest BCUT2D eigenvalue weighted by molar-refractivity contribution is 7.23. The molecule has 0 aliphatic heterocycles. The van der Waals surface area contributed by atoms with Crippen LogP contribution in [0, 0.1) is 17.8 Å². The van der Waals surface area contributed by atoms with Crippen LogP contribution in [0.2, 0.25) is 0 Å². The summed E-state index contributed by atoms with van der Waals surface area (Å²) < 4.78 is 8.06. The van der Waals surface area contributed by atoms with Crippen molar-refractivity contribution < 1.29 is 9.53 Å². The minimum Gasteiger partial charge on any atom is -0.459 e. The molecule has 134 valence electrons. The summed E-state index contributed by atoms with van der Waals surface area (Å²) in [5.41, 5.74) is 1.25. The fraction of sp³-hybridized carbons (Fsp3) is 0.450. The predicted molar refractivity (Wildman–Crippen MR) is 100 cm³/mol. The van der Waals surface area contributed by atoms with E-state index in [-0.39, 0.29) is 18.1 Å². The van der Waals surface area contributed by atoms with Crippen LogP contribution in [0.3, 0.4) is 0 Å². The van der Waals surface area contributed by atoms with Gasteiger partial charge in [-0.25, -0.2) is 4.98 Å². The summed E-state index contributed by atoms with van der Waals surface area (Å²) in [5, 5.41) is 0. The number of esters is 1. The first-order valence-electron chi connectivity index (χ1n) is 9.23. The van der Waals surface area contributed by atoms with Gasteiger partial charge in [-0.2, -0.15) is 0 Å². The van der Waals surface area contributed by atoms with E-state index >= 15 is 0 Å².